The zero-order chi connectivity index (χ0) is 18.6. The van der Waals surface area contributed by atoms with Gasteiger partial charge in [-0.2, -0.15) is 0 Å². The number of rotatable bonds is 6. The number of amides is 2. The second kappa shape index (κ2) is 8.11. The number of aliphatic hydroxyl groups is 1. The van der Waals surface area contributed by atoms with E-state index in [9.17, 15) is 9.90 Å². The van der Waals surface area contributed by atoms with Gasteiger partial charge in [0.25, 0.3) is 0 Å². The Hall–Kier alpha value is -2.37. The topological polar surface area (TPSA) is 47.0 Å². The number of carbonyl (C=O) groups is 1. The van der Waals surface area contributed by atoms with Crippen molar-refractivity contribution in [2.75, 3.05) is 32.7 Å². The van der Waals surface area contributed by atoms with Crippen LogP contribution in [0.3, 0.4) is 0 Å². The molecule has 0 aliphatic carbocycles. The average molecular weight is 365 g/mol. The first-order valence-electron chi connectivity index (χ1n) is 9.74. The van der Waals surface area contributed by atoms with Crippen LogP contribution in [0, 0.1) is 0 Å². The van der Waals surface area contributed by atoms with Crippen molar-refractivity contribution in [3.05, 3.63) is 71.3 Å². The van der Waals surface area contributed by atoms with E-state index in [4.69, 9.17) is 0 Å². The molecule has 2 aliphatic heterocycles. The van der Waals surface area contributed by atoms with Crippen LogP contribution < -0.4 is 0 Å². The molecule has 142 valence electrons. The lowest BCUT2D eigenvalue weighted by Crippen LogP contribution is -2.43. The van der Waals surface area contributed by atoms with Gasteiger partial charge in [-0.1, -0.05) is 54.6 Å². The third kappa shape index (κ3) is 4.31. The Morgan fingerprint density at radius 3 is 2.37 bits per heavy atom. The van der Waals surface area contributed by atoms with Gasteiger partial charge >= 0.3 is 6.03 Å². The van der Waals surface area contributed by atoms with E-state index in [0.717, 1.165) is 31.6 Å². The Morgan fingerprint density at radius 1 is 0.852 bits per heavy atom. The fourth-order valence-corrected chi connectivity index (χ4v) is 4.07. The molecule has 1 fully saturated rings. The van der Waals surface area contributed by atoms with E-state index >= 15 is 0 Å². The van der Waals surface area contributed by atoms with Crippen LogP contribution in [-0.4, -0.2) is 64.7 Å². The number of aliphatic hydroxyl groups excluding tert-OH is 1. The molecule has 5 nitrogen and oxygen atoms in total. The molecule has 27 heavy (non-hydrogen) atoms. The zero-order valence-electron chi connectivity index (χ0n) is 15.6. The van der Waals surface area contributed by atoms with Gasteiger partial charge in [0.05, 0.1) is 6.10 Å². The van der Waals surface area contributed by atoms with Crippen LogP contribution in [0.1, 0.15) is 16.7 Å². The molecule has 1 unspecified atom stereocenters. The molecular weight excluding hydrogens is 338 g/mol. The van der Waals surface area contributed by atoms with Gasteiger partial charge in [0.1, 0.15) is 0 Å². The summed E-state index contributed by atoms with van der Waals surface area (Å²) in [5, 5.41) is 10.5. The Kier molecular flexibility index (Phi) is 5.41. The smallest absolute Gasteiger partial charge is 0.320 e. The number of β-amino-alcohol motifs (C(OH)–C–C–N with tert-alkyl or cyclic N) is 1. The van der Waals surface area contributed by atoms with Gasteiger partial charge < -0.3 is 14.9 Å². The van der Waals surface area contributed by atoms with Gasteiger partial charge in [-0.25, -0.2) is 4.79 Å². The van der Waals surface area contributed by atoms with E-state index in [2.05, 4.69) is 29.2 Å². The van der Waals surface area contributed by atoms with Crippen LogP contribution in [-0.2, 0) is 19.5 Å². The highest BCUT2D eigenvalue weighted by Crippen LogP contribution is 2.19. The van der Waals surface area contributed by atoms with Gasteiger partial charge in [0, 0.05) is 45.8 Å². The first-order valence-corrected chi connectivity index (χ1v) is 9.74. The summed E-state index contributed by atoms with van der Waals surface area (Å²) in [6.07, 6.45) is 0.507. The molecule has 5 heteroatoms. The van der Waals surface area contributed by atoms with Crippen LogP contribution in [0.2, 0.25) is 0 Å². The van der Waals surface area contributed by atoms with Crippen molar-refractivity contribution < 1.29 is 9.90 Å². The summed E-state index contributed by atoms with van der Waals surface area (Å²) in [5.41, 5.74) is 3.90. The van der Waals surface area contributed by atoms with Crippen LogP contribution >= 0.6 is 0 Å². The molecule has 4 rings (SSSR count). The van der Waals surface area contributed by atoms with Gasteiger partial charge in [-0.3, -0.25) is 4.90 Å². The summed E-state index contributed by atoms with van der Waals surface area (Å²) in [6.45, 7) is 4.89. The molecular formula is C22H27N3O2. The van der Waals surface area contributed by atoms with Crippen molar-refractivity contribution in [1.29, 1.82) is 0 Å². The molecule has 0 bridgehead atoms. The van der Waals surface area contributed by atoms with Crippen molar-refractivity contribution >= 4 is 6.03 Å². The van der Waals surface area contributed by atoms with E-state index in [-0.39, 0.29) is 6.03 Å². The number of carbonyl (C=O) groups excluding carboxylic acids is 1. The predicted octanol–water partition coefficient (Wildman–Crippen LogP) is 2.34. The summed E-state index contributed by atoms with van der Waals surface area (Å²) < 4.78 is 0. The van der Waals surface area contributed by atoms with E-state index in [1.54, 1.807) is 4.90 Å². The number of hydrogen-bond donors (Lipinski definition) is 1. The monoisotopic (exact) mass is 365 g/mol. The molecule has 2 aromatic carbocycles. The SMILES string of the molecule is O=C1N(Cc2ccccc2)CCN1CC(O)CN1CCc2ccccc2C1. The molecule has 2 aromatic rings. The van der Waals surface area contributed by atoms with Crippen molar-refractivity contribution in [1.82, 2.24) is 14.7 Å². The Morgan fingerprint density at radius 2 is 1.56 bits per heavy atom. The maximum absolute atomic E-state index is 12.6. The van der Waals surface area contributed by atoms with Gasteiger partial charge in [-0.05, 0) is 23.1 Å². The minimum absolute atomic E-state index is 0.0295. The van der Waals surface area contributed by atoms with Crippen LogP contribution in [0.25, 0.3) is 0 Å². The lowest BCUT2D eigenvalue weighted by Gasteiger charge is -2.31. The maximum atomic E-state index is 12.6. The number of hydrogen-bond acceptors (Lipinski definition) is 3. The average Bonchev–Trinajstić information content (AvgIpc) is 3.02. The van der Waals surface area contributed by atoms with E-state index in [0.29, 0.717) is 26.2 Å². The quantitative estimate of drug-likeness (QED) is 0.855. The standard InChI is InChI=1S/C22H27N3O2/c26-21(16-23-11-10-19-8-4-5-9-20(19)15-23)17-25-13-12-24(22(25)27)14-18-6-2-1-3-7-18/h1-9,21,26H,10-17H2. The molecule has 2 aliphatic rings. The predicted molar refractivity (Wildman–Crippen MR) is 105 cm³/mol. The third-order valence-electron chi connectivity index (χ3n) is 5.51. The fourth-order valence-electron chi connectivity index (χ4n) is 4.07. The molecule has 1 saturated heterocycles. The lowest BCUT2D eigenvalue weighted by molar-refractivity contribution is 0.0812. The highest BCUT2D eigenvalue weighted by Gasteiger charge is 2.30. The molecule has 2 amide bonds. The molecule has 0 radical (unpaired) electrons. The molecule has 0 aromatic heterocycles. The van der Waals surface area contributed by atoms with Gasteiger partial charge in [-0.15, -0.1) is 0 Å². The first-order chi connectivity index (χ1) is 13.2. The van der Waals surface area contributed by atoms with Crippen molar-refractivity contribution in [2.24, 2.45) is 0 Å². The Labute approximate surface area is 160 Å². The van der Waals surface area contributed by atoms with Crippen molar-refractivity contribution in [3.63, 3.8) is 0 Å². The Bertz CT molecular complexity index is 780. The number of nitrogens with zero attached hydrogens (tertiary/aromatic N) is 3. The van der Waals surface area contributed by atoms with E-state index < -0.39 is 6.10 Å². The second-order valence-corrected chi connectivity index (χ2v) is 7.54. The largest absolute Gasteiger partial charge is 0.390 e. The summed E-state index contributed by atoms with van der Waals surface area (Å²) >= 11 is 0. The van der Waals surface area contributed by atoms with Gasteiger partial charge in [0.2, 0.25) is 0 Å². The molecule has 2 heterocycles. The van der Waals surface area contributed by atoms with E-state index in [1.807, 2.05) is 35.2 Å². The highest BCUT2D eigenvalue weighted by atomic mass is 16.3. The molecule has 1 N–H and O–H groups in total. The summed E-state index contributed by atoms with van der Waals surface area (Å²) in [4.78, 5) is 18.6. The fraction of sp³-hybridized carbons (Fsp3) is 0.409. The van der Waals surface area contributed by atoms with Crippen molar-refractivity contribution in [2.45, 2.75) is 25.6 Å². The molecule has 0 spiro atoms. The lowest BCUT2D eigenvalue weighted by atomic mass is 10.00. The van der Waals surface area contributed by atoms with Crippen LogP contribution in [0.4, 0.5) is 4.79 Å². The minimum Gasteiger partial charge on any atom is -0.390 e. The normalized spacial score (nSPS) is 18.6. The minimum atomic E-state index is -0.518. The maximum Gasteiger partial charge on any atom is 0.320 e. The van der Waals surface area contributed by atoms with Crippen molar-refractivity contribution in [3.8, 4) is 0 Å². The highest BCUT2D eigenvalue weighted by molar-refractivity contribution is 5.76. The summed E-state index contributed by atoms with van der Waals surface area (Å²) in [7, 11) is 0. The third-order valence-corrected chi connectivity index (χ3v) is 5.51. The summed E-state index contributed by atoms with van der Waals surface area (Å²) in [5.74, 6) is 0. The first kappa shape index (κ1) is 18.0. The molecule has 1 atom stereocenters. The van der Waals surface area contributed by atoms with Gasteiger partial charge in [0.15, 0.2) is 0 Å². The van der Waals surface area contributed by atoms with Crippen LogP contribution in [0.15, 0.2) is 54.6 Å². The second-order valence-electron chi connectivity index (χ2n) is 7.54. The number of urea groups is 1. The van der Waals surface area contributed by atoms with Crippen LogP contribution in [0.5, 0.6) is 0 Å². The number of benzene rings is 2. The number of fused-ring (bicyclic) bond motifs is 1. The van der Waals surface area contributed by atoms with E-state index in [1.165, 1.54) is 11.1 Å². The zero-order valence-corrected chi connectivity index (χ0v) is 15.6. The Balaban J connectivity index is 1.27. The molecule has 0 saturated carbocycles. The summed E-state index contributed by atoms with van der Waals surface area (Å²) in [6, 6.07) is 18.6.